The number of benzene rings is 2. The van der Waals surface area contributed by atoms with E-state index in [-0.39, 0.29) is 12.1 Å². The first-order valence-corrected chi connectivity index (χ1v) is 14.2. The number of hydrogen-bond acceptors (Lipinski definition) is 5. The van der Waals surface area contributed by atoms with Crippen LogP contribution in [0.25, 0.3) is 0 Å². The molecule has 1 unspecified atom stereocenters. The second kappa shape index (κ2) is 12.0. The summed E-state index contributed by atoms with van der Waals surface area (Å²) in [5.41, 5.74) is 2.06. The molecule has 0 N–H and O–H groups in total. The van der Waals surface area contributed by atoms with E-state index in [1.165, 1.54) is 5.56 Å². The van der Waals surface area contributed by atoms with Gasteiger partial charge in [-0.2, -0.15) is 0 Å². The third-order valence-corrected chi connectivity index (χ3v) is 6.92. The Morgan fingerprint density at radius 3 is 2.12 bits per heavy atom. The standard InChI is InChI=1S/C33H43N3O4/c1-24(39-32(2,3)4)29(30(37)40-33(5,6)7)36-23-28-22-34(19-20-35(28)31(36)38)21-27-17-15-26(16-18-27)14-13-25-11-9-8-10-12-25/h8-12,15-18,24,28-29H,19-23H2,1-7H3/t24-,28?,29+/m1/s1. The van der Waals surface area contributed by atoms with Gasteiger partial charge in [0.15, 0.2) is 6.04 Å². The van der Waals surface area contributed by atoms with E-state index in [4.69, 9.17) is 9.47 Å². The molecule has 2 saturated heterocycles. The van der Waals surface area contributed by atoms with Crippen LogP contribution in [0.15, 0.2) is 54.6 Å². The van der Waals surface area contributed by atoms with Crippen LogP contribution in [0, 0.1) is 11.8 Å². The highest BCUT2D eigenvalue weighted by Gasteiger charge is 2.48. The lowest BCUT2D eigenvalue weighted by Crippen LogP contribution is -2.54. The molecule has 2 amide bonds. The summed E-state index contributed by atoms with van der Waals surface area (Å²) in [5.74, 6) is 6.00. The van der Waals surface area contributed by atoms with Crippen molar-refractivity contribution in [2.24, 2.45) is 0 Å². The SMILES string of the molecule is C[C@@H](OC(C)(C)C)[C@@H](C(=O)OC(C)(C)C)N1CC2CN(Cc3ccc(C#Cc4ccccc4)cc3)CCN2C1=O. The van der Waals surface area contributed by atoms with E-state index in [9.17, 15) is 9.59 Å². The summed E-state index contributed by atoms with van der Waals surface area (Å²) in [4.78, 5) is 32.8. The van der Waals surface area contributed by atoms with Crippen molar-refractivity contribution in [3.8, 4) is 11.8 Å². The topological polar surface area (TPSA) is 62.3 Å². The van der Waals surface area contributed by atoms with E-state index in [1.54, 1.807) is 4.90 Å². The number of carbonyl (C=O) groups excluding carboxylic acids is 2. The van der Waals surface area contributed by atoms with Gasteiger partial charge < -0.3 is 19.3 Å². The Balaban J connectivity index is 1.41. The van der Waals surface area contributed by atoms with Gasteiger partial charge in [0.25, 0.3) is 0 Å². The second-order valence-corrected chi connectivity index (χ2v) is 12.7. The number of esters is 1. The molecule has 214 valence electrons. The number of nitrogens with zero attached hydrogens (tertiary/aromatic N) is 3. The first-order chi connectivity index (χ1) is 18.8. The molecule has 7 heteroatoms. The van der Waals surface area contributed by atoms with Crippen LogP contribution in [0.5, 0.6) is 0 Å². The highest BCUT2D eigenvalue weighted by atomic mass is 16.6. The molecule has 0 aliphatic carbocycles. The van der Waals surface area contributed by atoms with E-state index < -0.39 is 29.3 Å². The monoisotopic (exact) mass is 545 g/mol. The summed E-state index contributed by atoms with van der Waals surface area (Å²) in [6.45, 7) is 16.6. The highest BCUT2D eigenvalue weighted by Crippen LogP contribution is 2.28. The number of carbonyl (C=O) groups is 2. The van der Waals surface area contributed by atoms with Gasteiger partial charge >= 0.3 is 12.0 Å². The number of amides is 2. The lowest BCUT2D eigenvalue weighted by Gasteiger charge is -2.36. The van der Waals surface area contributed by atoms with E-state index in [0.717, 1.165) is 30.8 Å². The molecule has 0 spiro atoms. The summed E-state index contributed by atoms with van der Waals surface area (Å²) in [6, 6.07) is 17.4. The Morgan fingerprint density at radius 1 is 0.900 bits per heavy atom. The van der Waals surface area contributed by atoms with Gasteiger partial charge in [-0.05, 0) is 78.3 Å². The molecule has 0 saturated carbocycles. The molecular formula is C33H43N3O4. The fraction of sp³-hybridized carbons (Fsp3) is 0.515. The minimum atomic E-state index is -0.811. The molecule has 2 aliphatic rings. The zero-order chi connectivity index (χ0) is 29.1. The highest BCUT2D eigenvalue weighted by molar-refractivity contribution is 5.86. The average Bonchev–Trinajstić information content (AvgIpc) is 3.17. The van der Waals surface area contributed by atoms with Gasteiger partial charge in [-0.1, -0.05) is 42.2 Å². The molecule has 40 heavy (non-hydrogen) atoms. The van der Waals surface area contributed by atoms with E-state index in [0.29, 0.717) is 13.1 Å². The minimum Gasteiger partial charge on any atom is -0.458 e. The summed E-state index contributed by atoms with van der Waals surface area (Å²) < 4.78 is 11.9. The van der Waals surface area contributed by atoms with Gasteiger partial charge in [-0.3, -0.25) is 4.90 Å². The number of piperazine rings is 1. The summed E-state index contributed by atoms with van der Waals surface area (Å²) in [6.07, 6.45) is -0.514. The maximum atomic E-state index is 13.5. The molecule has 0 bridgehead atoms. The smallest absolute Gasteiger partial charge is 0.332 e. The Hall–Kier alpha value is -3.34. The normalized spacial score (nSPS) is 19.5. The Morgan fingerprint density at radius 2 is 1.52 bits per heavy atom. The molecular weight excluding hydrogens is 502 g/mol. The molecule has 3 atom stereocenters. The van der Waals surface area contributed by atoms with Crippen molar-refractivity contribution in [3.05, 3.63) is 71.3 Å². The van der Waals surface area contributed by atoms with Gasteiger partial charge in [0.2, 0.25) is 0 Å². The lowest BCUT2D eigenvalue weighted by molar-refractivity contribution is -0.169. The van der Waals surface area contributed by atoms with Crippen molar-refractivity contribution in [1.82, 2.24) is 14.7 Å². The minimum absolute atomic E-state index is 0.00374. The largest absolute Gasteiger partial charge is 0.458 e. The second-order valence-electron chi connectivity index (χ2n) is 12.7. The van der Waals surface area contributed by atoms with Crippen LogP contribution in [0.2, 0.25) is 0 Å². The number of urea groups is 1. The Bertz CT molecular complexity index is 1230. The third kappa shape index (κ3) is 7.87. The van der Waals surface area contributed by atoms with Crippen molar-refractivity contribution >= 4 is 12.0 Å². The number of rotatable bonds is 6. The molecule has 7 nitrogen and oxygen atoms in total. The molecule has 0 radical (unpaired) electrons. The van der Waals surface area contributed by atoms with Gasteiger partial charge in [0.1, 0.15) is 5.60 Å². The third-order valence-electron chi connectivity index (χ3n) is 6.92. The average molecular weight is 546 g/mol. The maximum absolute atomic E-state index is 13.5. The van der Waals surface area contributed by atoms with Crippen molar-refractivity contribution < 1.29 is 19.1 Å². The van der Waals surface area contributed by atoms with Crippen molar-refractivity contribution in [3.63, 3.8) is 0 Å². The van der Waals surface area contributed by atoms with Gasteiger partial charge in [-0.15, -0.1) is 0 Å². The summed E-state index contributed by atoms with van der Waals surface area (Å²) in [5, 5.41) is 0. The van der Waals surface area contributed by atoms with Gasteiger partial charge in [-0.25, -0.2) is 9.59 Å². The van der Waals surface area contributed by atoms with Crippen molar-refractivity contribution in [2.75, 3.05) is 26.2 Å². The van der Waals surface area contributed by atoms with Crippen LogP contribution in [0.1, 0.15) is 65.2 Å². The zero-order valence-corrected chi connectivity index (χ0v) is 24.9. The summed E-state index contributed by atoms with van der Waals surface area (Å²) in [7, 11) is 0. The fourth-order valence-corrected chi connectivity index (χ4v) is 5.35. The first-order valence-electron chi connectivity index (χ1n) is 14.2. The summed E-state index contributed by atoms with van der Waals surface area (Å²) >= 11 is 0. The molecule has 2 fully saturated rings. The van der Waals surface area contributed by atoms with E-state index in [2.05, 4.69) is 41.0 Å². The predicted octanol–water partition coefficient (Wildman–Crippen LogP) is 4.92. The molecule has 2 heterocycles. The van der Waals surface area contributed by atoms with Gasteiger partial charge in [0, 0.05) is 43.9 Å². The lowest BCUT2D eigenvalue weighted by atomic mass is 10.1. The Labute approximate surface area is 239 Å². The quantitative estimate of drug-likeness (QED) is 0.381. The van der Waals surface area contributed by atoms with Crippen LogP contribution >= 0.6 is 0 Å². The van der Waals surface area contributed by atoms with E-state index >= 15 is 0 Å². The number of ether oxygens (including phenoxy) is 2. The van der Waals surface area contributed by atoms with Crippen LogP contribution in [-0.2, 0) is 20.8 Å². The van der Waals surface area contributed by atoms with E-state index in [1.807, 2.05) is 83.7 Å². The van der Waals surface area contributed by atoms with Crippen molar-refractivity contribution in [1.29, 1.82) is 0 Å². The molecule has 2 aliphatic heterocycles. The molecule has 2 aromatic carbocycles. The molecule has 0 aromatic heterocycles. The fourth-order valence-electron chi connectivity index (χ4n) is 5.35. The van der Waals surface area contributed by atoms with Crippen LogP contribution in [0.3, 0.4) is 0 Å². The van der Waals surface area contributed by atoms with Crippen molar-refractivity contribution in [2.45, 2.75) is 84.4 Å². The molecule has 2 aromatic rings. The maximum Gasteiger partial charge on any atom is 0.332 e. The number of hydrogen-bond donors (Lipinski definition) is 0. The zero-order valence-electron chi connectivity index (χ0n) is 24.9. The number of fused-ring (bicyclic) bond motifs is 1. The Kier molecular flexibility index (Phi) is 8.92. The molecule has 4 rings (SSSR count). The van der Waals surface area contributed by atoms with Crippen LogP contribution in [0.4, 0.5) is 4.79 Å². The predicted molar refractivity (Wildman–Crippen MR) is 157 cm³/mol. The van der Waals surface area contributed by atoms with Gasteiger partial charge in [0.05, 0.1) is 17.7 Å². The van der Waals surface area contributed by atoms with Crippen LogP contribution in [-0.4, -0.2) is 82.3 Å². The van der Waals surface area contributed by atoms with Crippen LogP contribution < -0.4 is 0 Å². The first kappa shape index (κ1) is 29.6.